The maximum Gasteiger partial charge on any atom is 0.0661 e. The predicted molar refractivity (Wildman–Crippen MR) is 237 cm³/mol. The molecule has 55 heavy (non-hydrogen) atoms. The molecular formula is C52H36N2S. The van der Waals surface area contributed by atoms with Gasteiger partial charge in [0, 0.05) is 43.7 Å². The van der Waals surface area contributed by atoms with Gasteiger partial charge in [0.05, 0.1) is 21.8 Å². The fourth-order valence-electron chi connectivity index (χ4n) is 7.96. The minimum atomic E-state index is 1.09. The lowest BCUT2D eigenvalue weighted by Gasteiger charge is -2.32. The fourth-order valence-corrected chi connectivity index (χ4v) is 9.17. The van der Waals surface area contributed by atoms with Gasteiger partial charge in [-0.15, -0.1) is 11.3 Å². The van der Waals surface area contributed by atoms with E-state index < -0.39 is 0 Å². The van der Waals surface area contributed by atoms with E-state index in [9.17, 15) is 0 Å². The van der Waals surface area contributed by atoms with Crippen LogP contribution in [0.1, 0.15) is 0 Å². The van der Waals surface area contributed by atoms with E-state index in [2.05, 4.69) is 228 Å². The fraction of sp³-hybridized carbons (Fsp3) is 0. The number of nitrogens with zero attached hydrogens (tertiary/aromatic N) is 2. The van der Waals surface area contributed by atoms with Gasteiger partial charge in [0.25, 0.3) is 0 Å². The molecule has 3 heteroatoms. The van der Waals surface area contributed by atoms with Crippen LogP contribution in [0.5, 0.6) is 0 Å². The molecule has 0 saturated carbocycles. The number of anilines is 6. The molecular weight excluding hydrogens is 685 g/mol. The van der Waals surface area contributed by atoms with Crippen LogP contribution in [0.2, 0.25) is 0 Å². The zero-order valence-electron chi connectivity index (χ0n) is 30.1. The van der Waals surface area contributed by atoms with Crippen LogP contribution in [0.4, 0.5) is 34.1 Å². The topological polar surface area (TPSA) is 6.48 Å². The van der Waals surface area contributed by atoms with Crippen molar-refractivity contribution in [2.75, 3.05) is 9.80 Å². The molecule has 1 heterocycles. The number of benzene rings is 9. The summed E-state index contributed by atoms with van der Waals surface area (Å²) in [6.07, 6.45) is 0. The summed E-state index contributed by atoms with van der Waals surface area (Å²) in [5.41, 5.74) is 11.3. The Hall–Kier alpha value is -6.94. The number of rotatable bonds is 8. The normalized spacial score (nSPS) is 11.3. The first-order valence-corrected chi connectivity index (χ1v) is 19.5. The summed E-state index contributed by atoms with van der Waals surface area (Å²) in [5, 5.41) is 5.03. The molecule has 10 aromatic rings. The van der Waals surface area contributed by atoms with Crippen molar-refractivity contribution in [1.29, 1.82) is 0 Å². The Morgan fingerprint density at radius 2 is 0.818 bits per heavy atom. The van der Waals surface area contributed by atoms with Crippen molar-refractivity contribution < 1.29 is 0 Å². The van der Waals surface area contributed by atoms with E-state index in [4.69, 9.17) is 0 Å². The van der Waals surface area contributed by atoms with Crippen molar-refractivity contribution in [3.05, 3.63) is 218 Å². The van der Waals surface area contributed by atoms with E-state index in [0.717, 1.165) is 34.1 Å². The first-order valence-electron chi connectivity index (χ1n) is 18.7. The molecule has 0 amide bonds. The zero-order chi connectivity index (χ0) is 36.6. The molecule has 0 spiro atoms. The third kappa shape index (κ3) is 5.92. The molecule has 9 aromatic carbocycles. The van der Waals surface area contributed by atoms with E-state index in [1.807, 2.05) is 11.3 Å². The monoisotopic (exact) mass is 720 g/mol. The van der Waals surface area contributed by atoms with Crippen molar-refractivity contribution >= 4 is 76.4 Å². The van der Waals surface area contributed by atoms with E-state index >= 15 is 0 Å². The van der Waals surface area contributed by atoms with Crippen molar-refractivity contribution in [3.8, 4) is 22.3 Å². The number of thiophene rings is 1. The molecule has 2 nitrogen and oxygen atoms in total. The second-order valence-corrected chi connectivity index (χ2v) is 14.8. The highest BCUT2D eigenvalue weighted by Gasteiger charge is 2.25. The van der Waals surface area contributed by atoms with Gasteiger partial charge in [-0.1, -0.05) is 164 Å². The molecule has 0 aliphatic carbocycles. The lowest BCUT2D eigenvalue weighted by molar-refractivity contribution is 1.26. The van der Waals surface area contributed by atoms with Gasteiger partial charge in [-0.25, -0.2) is 0 Å². The van der Waals surface area contributed by atoms with E-state index in [0.29, 0.717) is 0 Å². The summed E-state index contributed by atoms with van der Waals surface area (Å²) in [4.78, 5) is 4.91. The average Bonchev–Trinajstić information content (AvgIpc) is 3.65. The van der Waals surface area contributed by atoms with Gasteiger partial charge in [-0.3, -0.25) is 0 Å². The minimum absolute atomic E-state index is 1.09. The van der Waals surface area contributed by atoms with Crippen molar-refractivity contribution in [1.82, 2.24) is 0 Å². The summed E-state index contributed by atoms with van der Waals surface area (Å²) >= 11 is 1.87. The second-order valence-electron chi connectivity index (χ2n) is 13.7. The van der Waals surface area contributed by atoms with Gasteiger partial charge in [0.2, 0.25) is 0 Å². The molecule has 0 unspecified atom stereocenters. The van der Waals surface area contributed by atoms with E-state index in [1.165, 1.54) is 53.2 Å². The van der Waals surface area contributed by atoms with Crippen LogP contribution >= 0.6 is 11.3 Å². The van der Waals surface area contributed by atoms with Crippen LogP contribution in [-0.4, -0.2) is 0 Å². The van der Waals surface area contributed by atoms with Crippen LogP contribution in [-0.2, 0) is 0 Å². The van der Waals surface area contributed by atoms with Gasteiger partial charge in [0.1, 0.15) is 0 Å². The summed E-state index contributed by atoms with van der Waals surface area (Å²) in [6.45, 7) is 0. The average molecular weight is 721 g/mol. The van der Waals surface area contributed by atoms with Crippen LogP contribution in [0.15, 0.2) is 218 Å². The van der Waals surface area contributed by atoms with Gasteiger partial charge in [0.15, 0.2) is 0 Å². The predicted octanol–water partition coefficient (Wildman–Crippen LogP) is 15.5. The van der Waals surface area contributed by atoms with E-state index in [1.54, 1.807) is 0 Å². The lowest BCUT2D eigenvalue weighted by atomic mass is 9.99. The largest absolute Gasteiger partial charge is 0.310 e. The Morgan fingerprint density at radius 1 is 0.327 bits per heavy atom. The van der Waals surface area contributed by atoms with E-state index in [-0.39, 0.29) is 0 Å². The number of hydrogen-bond donors (Lipinski definition) is 0. The highest BCUT2D eigenvalue weighted by molar-refractivity contribution is 7.26. The van der Waals surface area contributed by atoms with Crippen molar-refractivity contribution in [3.63, 3.8) is 0 Å². The SMILES string of the molecule is c1ccc(-c2ccccc2N(c2ccccc2)c2cc(N(c3ccccc3)c3ccccc3-c3ccccc3)c3sc4ccc5ccccc5c4c3c2)cc1. The van der Waals surface area contributed by atoms with Crippen molar-refractivity contribution in [2.24, 2.45) is 0 Å². The Kier molecular flexibility index (Phi) is 8.40. The Morgan fingerprint density at radius 3 is 1.44 bits per heavy atom. The molecule has 0 fully saturated rings. The standard InChI is InChI=1S/C52H36N2S/c1-5-19-37(20-6-1)43-28-15-17-31-47(43)53(40-24-9-3-10-25-40)42-35-46-51-45-30-14-13-23-39(45)33-34-50(51)55-52(46)49(36-42)54(41-26-11-4-12-27-41)48-32-18-16-29-44(48)38-21-7-2-8-22-38/h1-36H. The van der Waals surface area contributed by atoms with Crippen LogP contribution in [0.25, 0.3) is 53.2 Å². The summed E-state index contributed by atoms with van der Waals surface area (Å²) in [7, 11) is 0. The number of hydrogen-bond acceptors (Lipinski definition) is 3. The molecule has 260 valence electrons. The highest BCUT2D eigenvalue weighted by atomic mass is 32.1. The molecule has 10 rings (SSSR count). The van der Waals surface area contributed by atoms with Gasteiger partial charge >= 0.3 is 0 Å². The smallest absolute Gasteiger partial charge is 0.0661 e. The Labute approximate surface area is 325 Å². The third-order valence-corrected chi connectivity index (χ3v) is 11.6. The minimum Gasteiger partial charge on any atom is -0.310 e. The zero-order valence-corrected chi connectivity index (χ0v) is 30.9. The molecule has 0 aliphatic rings. The van der Waals surface area contributed by atoms with Crippen LogP contribution in [0, 0.1) is 0 Å². The molecule has 1 aromatic heterocycles. The van der Waals surface area contributed by atoms with Crippen LogP contribution < -0.4 is 9.80 Å². The molecule has 0 aliphatic heterocycles. The van der Waals surface area contributed by atoms with Crippen LogP contribution in [0.3, 0.4) is 0 Å². The molecule has 0 bridgehead atoms. The quantitative estimate of drug-likeness (QED) is 0.154. The second kappa shape index (κ2) is 14.1. The summed E-state index contributed by atoms with van der Waals surface area (Å²) in [5.74, 6) is 0. The first kappa shape index (κ1) is 32.7. The first-order chi connectivity index (χ1) is 27.3. The molecule has 0 atom stereocenters. The lowest BCUT2D eigenvalue weighted by Crippen LogP contribution is -2.14. The van der Waals surface area contributed by atoms with Gasteiger partial charge in [-0.05, 0) is 76.5 Å². The van der Waals surface area contributed by atoms with Crippen molar-refractivity contribution in [2.45, 2.75) is 0 Å². The molecule has 0 radical (unpaired) electrons. The van der Waals surface area contributed by atoms with Gasteiger partial charge < -0.3 is 9.80 Å². The Balaban J connectivity index is 1.34. The summed E-state index contributed by atoms with van der Waals surface area (Å²) < 4.78 is 2.51. The number of fused-ring (bicyclic) bond motifs is 5. The number of para-hydroxylation sites is 4. The highest BCUT2D eigenvalue weighted by Crippen LogP contribution is 2.52. The maximum absolute atomic E-state index is 2.47. The van der Waals surface area contributed by atoms with Gasteiger partial charge in [-0.2, -0.15) is 0 Å². The summed E-state index contributed by atoms with van der Waals surface area (Å²) in [6, 6.07) is 78.8. The third-order valence-electron chi connectivity index (χ3n) is 10.4. The Bertz CT molecular complexity index is 2920. The maximum atomic E-state index is 2.47. The molecule has 0 N–H and O–H groups in total. The molecule has 0 saturated heterocycles.